The maximum Gasteiger partial charge on any atom is 0.234 e. The van der Waals surface area contributed by atoms with Gasteiger partial charge in [-0.25, -0.2) is 0 Å². The van der Waals surface area contributed by atoms with Crippen molar-refractivity contribution >= 4 is 23.4 Å². The molecule has 0 aliphatic carbocycles. The Morgan fingerprint density at radius 2 is 2.33 bits per heavy atom. The van der Waals surface area contributed by atoms with Gasteiger partial charge in [0.15, 0.2) is 0 Å². The summed E-state index contributed by atoms with van der Waals surface area (Å²) in [5, 5.41) is 6.15. The first-order valence-corrected chi connectivity index (χ1v) is 7.41. The summed E-state index contributed by atoms with van der Waals surface area (Å²) >= 11 is 1.63. The van der Waals surface area contributed by atoms with E-state index in [0.717, 1.165) is 18.7 Å². The van der Waals surface area contributed by atoms with E-state index in [4.69, 9.17) is 0 Å². The molecule has 98 valence electrons. The molecular formula is C14H20N2OS. The van der Waals surface area contributed by atoms with Crippen LogP contribution in [0.5, 0.6) is 0 Å². The van der Waals surface area contributed by atoms with E-state index in [1.54, 1.807) is 11.8 Å². The zero-order chi connectivity index (χ0) is 13.0. The summed E-state index contributed by atoms with van der Waals surface area (Å²) in [6.07, 6.45) is 2.28. The number of thioether (sulfide) groups is 1. The number of hydrogen-bond acceptors (Lipinski definition) is 3. The van der Waals surface area contributed by atoms with Crippen LogP contribution in [0.4, 0.5) is 5.69 Å². The highest BCUT2D eigenvalue weighted by atomic mass is 32.2. The van der Waals surface area contributed by atoms with Gasteiger partial charge >= 0.3 is 0 Å². The Bertz CT molecular complexity index is 434. The van der Waals surface area contributed by atoms with Gasteiger partial charge in [0.1, 0.15) is 0 Å². The summed E-state index contributed by atoms with van der Waals surface area (Å²) in [6.45, 7) is 3.28. The average Bonchev–Trinajstić information content (AvgIpc) is 2.38. The smallest absolute Gasteiger partial charge is 0.234 e. The summed E-state index contributed by atoms with van der Waals surface area (Å²) in [4.78, 5) is 12.5. The van der Waals surface area contributed by atoms with Gasteiger partial charge in [0.25, 0.3) is 0 Å². The minimum Gasteiger partial charge on any atom is -0.324 e. The Balaban J connectivity index is 2.09. The number of benzene rings is 1. The number of amides is 1. The molecule has 1 atom stereocenters. The second-order valence-corrected chi connectivity index (χ2v) is 5.72. The molecule has 1 aromatic carbocycles. The maximum atomic E-state index is 11.3. The van der Waals surface area contributed by atoms with Crippen LogP contribution in [0, 0.1) is 5.92 Å². The van der Waals surface area contributed by atoms with Crippen LogP contribution in [-0.4, -0.2) is 25.3 Å². The van der Waals surface area contributed by atoms with Crippen LogP contribution in [0.3, 0.4) is 0 Å². The first-order chi connectivity index (χ1) is 8.72. The van der Waals surface area contributed by atoms with E-state index in [1.165, 1.54) is 16.9 Å². The van der Waals surface area contributed by atoms with Gasteiger partial charge in [0.2, 0.25) is 5.91 Å². The van der Waals surface area contributed by atoms with E-state index < -0.39 is 0 Å². The molecule has 2 rings (SSSR count). The van der Waals surface area contributed by atoms with Gasteiger partial charge in [0, 0.05) is 4.90 Å². The van der Waals surface area contributed by atoms with E-state index in [9.17, 15) is 4.79 Å². The molecule has 0 saturated heterocycles. The number of carbonyl (C=O) groups is 1. The number of hydrogen-bond donors (Lipinski definition) is 2. The second-order valence-electron chi connectivity index (χ2n) is 4.70. The van der Waals surface area contributed by atoms with Crippen molar-refractivity contribution in [2.24, 2.45) is 5.92 Å². The quantitative estimate of drug-likeness (QED) is 0.858. The van der Waals surface area contributed by atoms with Crippen LogP contribution in [0.25, 0.3) is 0 Å². The van der Waals surface area contributed by atoms with Crippen LogP contribution in [-0.2, 0) is 11.2 Å². The molecule has 1 aliphatic heterocycles. The minimum atomic E-state index is 0.0990. The van der Waals surface area contributed by atoms with Crippen LogP contribution in [0.2, 0.25) is 0 Å². The molecule has 1 aliphatic rings. The van der Waals surface area contributed by atoms with Gasteiger partial charge in [-0.2, -0.15) is 0 Å². The summed E-state index contributed by atoms with van der Waals surface area (Å²) in [5.41, 5.74) is 2.32. The molecule has 0 bridgehead atoms. The Hall–Kier alpha value is -1.00. The summed E-state index contributed by atoms with van der Waals surface area (Å²) in [7, 11) is 2.00. The molecule has 0 radical (unpaired) electrons. The lowest BCUT2D eigenvalue weighted by Gasteiger charge is -2.19. The third-order valence-corrected chi connectivity index (χ3v) is 4.33. The van der Waals surface area contributed by atoms with E-state index in [2.05, 4.69) is 29.7 Å². The highest BCUT2D eigenvalue weighted by molar-refractivity contribution is 8.00. The predicted octanol–water partition coefficient (Wildman–Crippen LogP) is 2.52. The lowest BCUT2D eigenvalue weighted by Crippen LogP contribution is -2.21. The number of nitrogens with one attached hydrogen (secondary N) is 2. The summed E-state index contributed by atoms with van der Waals surface area (Å²) in [6, 6.07) is 6.38. The molecule has 0 spiro atoms. The van der Waals surface area contributed by atoms with Gasteiger partial charge in [-0.05, 0) is 43.6 Å². The van der Waals surface area contributed by atoms with Crippen LogP contribution >= 0.6 is 11.8 Å². The summed E-state index contributed by atoms with van der Waals surface area (Å²) in [5.74, 6) is 1.31. The van der Waals surface area contributed by atoms with E-state index >= 15 is 0 Å². The van der Waals surface area contributed by atoms with Crippen molar-refractivity contribution < 1.29 is 4.79 Å². The molecule has 0 fully saturated rings. The monoisotopic (exact) mass is 264 g/mol. The fourth-order valence-corrected chi connectivity index (χ4v) is 3.10. The maximum absolute atomic E-state index is 11.3. The van der Waals surface area contributed by atoms with Crippen LogP contribution in [0.1, 0.15) is 18.9 Å². The molecule has 1 heterocycles. The van der Waals surface area contributed by atoms with Crippen molar-refractivity contribution in [3.63, 3.8) is 0 Å². The number of anilines is 1. The van der Waals surface area contributed by atoms with E-state index in [0.29, 0.717) is 11.7 Å². The lowest BCUT2D eigenvalue weighted by molar-refractivity contribution is -0.113. The topological polar surface area (TPSA) is 41.1 Å². The van der Waals surface area contributed by atoms with Gasteiger partial charge in [-0.1, -0.05) is 19.4 Å². The van der Waals surface area contributed by atoms with Crippen molar-refractivity contribution in [3.8, 4) is 0 Å². The van der Waals surface area contributed by atoms with Crippen molar-refractivity contribution in [1.82, 2.24) is 5.32 Å². The molecule has 1 unspecified atom stereocenters. The molecular weight excluding hydrogens is 244 g/mol. The van der Waals surface area contributed by atoms with Crippen molar-refractivity contribution in [1.29, 1.82) is 0 Å². The Labute approximate surface area is 113 Å². The highest BCUT2D eigenvalue weighted by Crippen LogP contribution is 2.32. The largest absolute Gasteiger partial charge is 0.324 e. The Kier molecular flexibility index (Phi) is 4.66. The third-order valence-electron chi connectivity index (χ3n) is 3.27. The number of carbonyl (C=O) groups excluding carboxylic acids is 1. The van der Waals surface area contributed by atoms with Crippen LogP contribution in [0.15, 0.2) is 23.1 Å². The Morgan fingerprint density at radius 1 is 1.50 bits per heavy atom. The molecule has 0 aromatic heterocycles. The molecule has 4 heteroatoms. The second kappa shape index (κ2) is 6.25. The molecule has 1 amide bonds. The van der Waals surface area contributed by atoms with Gasteiger partial charge in [-0.3, -0.25) is 4.79 Å². The molecule has 3 nitrogen and oxygen atoms in total. The minimum absolute atomic E-state index is 0.0990. The van der Waals surface area contributed by atoms with Gasteiger partial charge < -0.3 is 10.6 Å². The predicted molar refractivity (Wildman–Crippen MR) is 77.2 cm³/mol. The lowest BCUT2D eigenvalue weighted by atomic mass is 9.96. The molecule has 2 N–H and O–H groups in total. The zero-order valence-electron chi connectivity index (χ0n) is 11.0. The van der Waals surface area contributed by atoms with E-state index in [-0.39, 0.29) is 5.91 Å². The molecule has 1 aromatic rings. The van der Waals surface area contributed by atoms with Crippen LogP contribution < -0.4 is 10.6 Å². The first-order valence-electron chi connectivity index (χ1n) is 6.43. The normalized spacial score (nSPS) is 16.0. The van der Waals surface area contributed by atoms with Crippen molar-refractivity contribution in [2.45, 2.75) is 24.7 Å². The number of rotatable bonds is 5. The van der Waals surface area contributed by atoms with E-state index in [1.807, 2.05) is 13.1 Å². The zero-order valence-corrected chi connectivity index (χ0v) is 11.8. The first kappa shape index (κ1) is 13.4. The summed E-state index contributed by atoms with van der Waals surface area (Å²) < 4.78 is 0. The Morgan fingerprint density at radius 3 is 3.06 bits per heavy atom. The third kappa shape index (κ3) is 3.27. The molecule has 18 heavy (non-hydrogen) atoms. The van der Waals surface area contributed by atoms with Crippen molar-refractivity contribution in [2.75, 3.05) is 24.7 Å². The standard InChI is InChI=1S/C14H20N2OS/c1-3-10(8-15-2)6-11-4-5-12-13(7-11)18-9-14(17)16-12/h4-5,7,10,15H,3,6,8-9H2,1-2H3,(H,16,17). The van der Waals surface area contributed by atoms with Crippen molar-refractivity contribution in [3.05, 3.63) is 23.8 Å². The number of fused-ring (bicyclic) bond motifs is 1. The fraction of sp³-hybridized carbons (Fsp3) is 0.500. The average molecular weight is 264 g/mol. The van der Waals surface area contributed by atoms with Gasteiger partial charge in [0.05, 0.1) is 11.4 Å². The fourth-order valence-electron chi connectivity index (χ4n) is 2.23. The highest BCUT2D eigenvalue weighted by Gasteiger charge is 2.16. The van der Waals surface area contributed by atoms with Gasteiger partial charge in [-0.15, -0.1) is 11.8 Å². The molecule has 0 saturated carbocycles. The SMILES string of the molecule is CCC(CNC)Cc1ccc2c(c1)SCC(=O)N2.